The van der Waals surface area contributed by atoms with Gasteiger partial charge in [0.15, 0.2) is 0 Å². The standard InChI is InChI=1S/C15H21N3O2/c1-2-12-5-6-13(9-16)18(12)15(20)10-17-11-3-7-14(19)8-4-11/h1,11-14,17,19H,3-8,10H2/t11?,12-,13?,14?/m1/s1. The fraction of sp³-hybridized carbons (Fsp3) is 0.733. The van der Waals surface area contributed by atoms with Crippen LogP contribution in [-0.2, 0) is 4.79 Å². The highest BCUT2D eigenvalue weighted by molar-refractivity contribution is 5.80. The van der Waals surface area contributed by atoms with Crippen molar-refractivity contribution in [1.82, 2.24) is 10.2 Å². The van der Waals surface area contributed by atoms with Crippen LogP contribution in [0.1, 0.15) is 38.5 Å². The van der Waals surface area contributed by atoms with Crippen LogP contribution in [0.4, 0.5) is 0 Å². The molecule has 1 aliphatic carbocycles. The van der Waals surface area contributed by atoms with Gasteiger partial charge in [-0.2, -0.15) is 5.26 Å². The predicted molar refractivity (Wildman–Crippen MR) is 74.4 cm³/mol. The highest BCUT2D eigenvalue weighted by Gasteiger charge is 2.35. The average molecular weight is 275 g/mol. The van der Waals surface area contributed by atoms with Gasteiger partial charge in [-0.3, -0.25) is 4.79 Å². The van der Waals surface area contributed by atoms with Gasteiger partial charge in [0.05, 0.1) is 24.8 Å². The van der Waals surface area contributed by atoms with Gasteiger partial charge in [0.2, 0.25) is 5.91 Å². The third-order valence-corrected chi connectivity index (χ3v) is 4.25. The summed E-state index contributed by atoms with van der Waals surface area (Å²) in [5.41, 5.74) is 0. The van der Waals surface area contributed by atoms with E-state index in [2.05, 4.69) is 17.3 Å². The molecule has 1 aliphatic heterocycles. The Morgan fingerprint density at radius 3 is 2.50 bits per heavy atom. The minimum Gasteiger partial charge on any atom is -0.393 e. The molecule has 2 N–H and O–H groups in total. The molecule has 2 aliphatic rings. The summed E-state index contributed by atoms with van der Waals surface area (Å²) in [6.07, 6.45) is 9.93. The number of nitrogens with one attached hydrogen (secondary N) is 1. The first-order valence-electron chi connectivity index (χ1n) is 7.24. The van der Waals surface area contributed by atoms with Gasteiger partial charge in [-0.25, -0.2) is 0 Å². The molecule has 108 valence electrons. The molecule has 0 radical (unpaired) electrons. The molecule has 0 aromatic heterocycles. The highest BCUT2D eigenvalue weighted by atomic mass is 16.3. The second-order valence-corrected chi connectivity index (χ2v) is 5.59. The summed E-state index contributed by atoms with van der Waals surface area (Å²) in [5, 5.41) is 21.8. The van der Waals surface area contributed by atoms with Crippen LogP contribution in [0.15, 0.2) is 0 Å². The smallest absolute Gasteiger partial charge is 0.238 e. The van der Waals surface area contributed by atoms with E-state index in [0.717, 1.165) is 25.7 Å². The van der Waals surface area contributed by atoms with Crippen LogP contribution in [0.5, 0.6) is 0 Å². The van der Waals surface area contributed by atoms with E-state index < -0.39 is 6.04 Å². The zero-order valence-electron chi connectivity index (χ0n) is 11.6. The second-order valence-electron chi connectivity index (χ2n) is 5.59. The van der Waals surface area contributed by atoms with E-state index in [1.807, 2.05) is 0 Å². The van der Waals surface area contributed by atoms with Gasteiger partial charge in [0.25, 0.3) is 0 Å². The molecule has 2 rings (SSSR count). The lowest BCUT2D eigenvalue weighted by Gasteiger charge is -2.28. The quantitative estimate of drug-likeness (QED) is 0.731. The van der Waals surface area contributed by atoms with Crippen molar-refractivity contribution in [3.63, 3.8) is 0 Å². The molecule has 5 nitrogen and oxygen atoms in total. The van der Waals surface area contributed by atoms with Crippen molar-refractivity contribution in [1.29, 1.82) is 5.26 Å². The Kier molecular flexibility index (Phi) is 5.00. The third kappa shape index (κ3) is 3.30. The van der Waals surface area contributed by atoms with Crippen LogP contribution in [-0.4, -0.2) is 46.7 Å². The van der Waals surface area contributed by atoms with E-state index >= 15 is 0 Å². The first-order valence-corrected chi connectivity index (χ1v) is 7.24. The topological polar surface area (TPSA) is 76.4 Å². The van der Waals surface area contributed by atoms with Crippen molar-refractivity contribution in [3.8, 4) is 18.4 Å². The number of hydrogen-bond acceptors (Lipinski definition) is 4. The number of carbonyl (C=O) groups is 1. The van der Waals surface area contributed by atoms with E-state index in [4.69, 9.17) is 11.7 Å². The van der Waals surface area contributed by atoms with Gasteiger partial charge in [-0.15, -0.1) is 6.42 Å². The maximum atomic E-state index is 12.3. The molecule has 1 saturated carbocycles. The number of hydrogen-bond donors (Lipinski definition) is 2. The van der Waals surface area contributed by atoms with E-state index in [-0.39, 0.29) is 30.6 Å². The number of aliphatic hydroxyl groups is 1. The first-order chi connectivity index (χ1) is 9.65. The molecular weight excluding hydrogens is 254 g/mol. The average Bonchev–Trinajstić information content (AvgIpc) is 2.89. The third-order valence-electron chi connectivity index (χ3n) is 4.25. The number of amides is 1. The van der Waals surface area contributed by atoms with Crippen LogP contribution >= 0.6 is 0 Å². The predicted octanol–water partition coefficient (Wildman–Crippen LogP) is 0.396. The van der Waals surface area contributed by atoms with Crippen LogP contribution < -0.4 is 5.32 Å². The molecule has 2 atom stereocenters. The molecule has 1 saturated heterocycles. The molecular formula is C15H21N3O2. The van der Waals surface area contributed by atoms with Crippen LogP contribution in [0.25, 0.3) is 0 Å². The van der Waals surface area contributed by atoms with Crippen molar-refractivity contribution in [2.24, 2.45) is 0 Å². The van der Waals surface area contributed by atoms with Gasteiger partial charge in [0.1, 0.15) is 6.04 Å². The zero-order valence-corrected chi connectivity index (χ0v) is 11.6. The van der Waals surface area contributed by atoms with Crippen LogP contribution in [0, 0.1) is 23.7 Å². The lowest BCUT2D eigenvalue weighted by Crippen LogP contribution is -2.47. The summed E-state index contributed by atoms with van der Waals surface area (Å²) in [4.78, 5) is 13.8. The molecule has 0 aromatic carbocycles. The molecule has 1 amide bonds. The molecule has 5 heteroatoms. The SMILES string of the molecule is C#C[C@@H]1CCC(C#N)N1C(=O)CNC1CCC(O)CC1. The normalized spacial score (nSPS) is 33.5. The van der Waals surface area contributed by atoms with Gasteiger partial charge in [-0.1, -0.05) is 5.92 Å². The zero-order chi connectivity index (χ0) is 14.5. The number of rotatable bonds is 3. The van der Waals surface area contributed by atoms with Crippen molar-refractivity contribution in [3.05, 3.63) is 0 Å². The summed E-state index contributed by atoms with van der Waals surface area (Å²) < 4.78 is 0. The Morgan fingerprint density at radius 1 is 1.25 bits per heavy atom. The van der Waals surface area contributed by atoms with Crippen LogP contribution in [0.3, 0.4) is 0 Å². The van der Waals surface area contributed by atoms with Gasteiger partial charge in [-0.05, 0) is 38.5 Å². The highest BCUT2D eigenvalue weighted by Crippen LogP contribution is 2.23. The Morgan fingerprint density at radius 2 is 1.90 bits per heavy atom. The van der Waals surface area contributed by atoms with Gasteiger partial charge in [0, 0.05) is 6.04 Å². The minimum atomic E-state index is -0.390. The minimum absolute atomic E-state index is 0.0943. The Labute approximate surface area is 119 Å². The Bertz CT molecular complexity index is 407. The fourth-order valence-corrected chi connectivity index (χ4v) is 3.05. The number of aliphatic hydroxyl groups excluding tert-OH is 1. The molecule has 0 spiro atoms. The molecule has 20 heavy (non-hydrogen) atoms. The summed E-state index contributed by atoms with van der Waals surface area (Å²) in [5.74, 6) is 2.50. The van der Waals surface area contributed by atoms with E-state index in [9.17, 15) is 9.90 Å². The van der Waals surface area contributed by atoms with Crippen LogP contribution in [0.2, 0.25) is 0 Å². The Balaban J connectivity index is 1.85. The first kappa shape index (κ1) is 14.8. The van der Waals surface area contributed by atoms with Gasteiger partial charge < -0.3 is 15.3 Å². The van der Waals surface area contributed by atoms with Gasteiger partial charge >= 0.3 is 0 Å². The number of terminal acetylenes is 1. The maximum absolute atomic E-state index is 12.3. The Hall–Kier alpha value is -1.56. The van der Waals surface area contributed by atoms with E-state index in [1.54, 1.807) is 4.90 Å². The van der Waals surface area contributed by atoms with Crippen molar-refractivity contribution < 1.29 is 9.90 Å². The number of likely N-dealkylation sites (tertiary alicyclic amines) is 1. The summed E-state index contributed by atoms with van der Waals surface area (Å²) >= 11 is 0. The monoisotopic (exact) mass is 275 g/mol. The lowest BCUT2D eigenvalue weighted by atomic mass is 9.93. The molecule has 0 bridgehead atoms. The maximum Gasteiger partial charge on any atom is 0.238 e. The van der Waals surface area contributed by atoms with E-state index in [1.165, 1.54) is 0 Å². The fourth-order valence-electron chi connectivity index (χ4n) is 3.05. The summed E-state index contributed by atoms with van der Waals surface area (Å²) in [6.45, 7) is 0.219. The second kappa shape index (κ2) is 6.74. The summed E-state index contributed by atoms with van der Waals surface area (Å²) in [7, 11) is 0. The summed E-state index contributed by atoms with van der Waals surface area (Å²) in [6, 6.07) is 1.79. The van der Waals surface area contributed by atoms with Crippen molar-refractivity contribution in [2.75, 3.05) is 6.54 Å². The number of nitrogens with zero attached hydrogens (tertiary/aromatic N) is 2. The van der Waals surface area contributed by atoms with E-state index in [0.29, 0.717) is 12.8 Å². The largest absolute Gasteiger partial charge is 0.393 e. The number of nitriles is 1. The molecule has 2 fully saturated rings. The molecule has 0 aromatic rings. The van der Waals surface area contributed by atoms with Crippen molar-refractivity contribution in [2.45, 2.75) is 62.8 Å². The lowest BCUT2D eigenvalue weighted by molar-refractivity contribution is -0.131. The molecule has 1 unspecified atom stereocenters. The van der Waals surface area contributed by atoms with Crippen molar-refractivity contribution >= 4 is 5.91 Å². The molecule has 1 heterocycles. The number of carbonyl (C=O) groups excluding carboxylic acids is 1.